The molecule has 0 fully saturated rings. The van der Waals surface area contributed by atoms with Gasteiger partial charge in [0.15, 0.2) is 11.5 Å². The average molecular weight is 796 g/mol. The highest BCUT2D eigenvalue weighted by Crippen LogP contribution is 2.38. The molecule has 14 heteroatoms. The molecule has 0 spiro atoms. The lowest BCUT2D eigenvalue weighted by molar-refractivity contribution is 0.390. The summed E-state index contributed by atoms with van der Waals surface area (Å²) < 4.78 is 22.1. The van der Waals surface area contributed by atoms with Crippen LogP contribution < -0.4 is 18.9 Å². The SMILES string of the molecule is COc1nc(C#Cc2cccnc2)cc(Oc2cc(Cl)cc(C#N)c2)c1Cl.COc1nc(CCc2cccnc2)cc(Oc2cc(Cl)cc(C#N)c2)c1Cl. The van der Waals surface area contributed by atoms with E-state index in [0.29, 0.717) is 50.5 Å². The highest BCUT2D eigenvalue weighted by atomic mass is 35.5. The van der Waals surface area contributed by atoms with Gasteiger partial charge in [0.2, 0.25) is 11.8 Å². The molecule has 0 saturated heterocycles. The molecule has 0 aliphatic rings. The molecule has 0 amide bonds. The maximum absolute atomic E-state index is 9.09. The van der Waals surface area contributed by atoms with Gasteiger partial charge in [0.05, 0.1) is 37.5 Å². The van der Waals surface area contributed by atoms with Crippen molar-refractivity contribution in [2.24, 2.45) is 0 Å². The summed E-state index contributed by atoms with van der Waals surface area (Å²) >= 11 is 24.7. The van der Waals surface area contributed by atoms with E-state index < -0.39 is 0 Å². The molecule has 6 aromatic rings. The van der Waals surface area contributed by atoms with E-state index >= 15 is 0 Å². The molecule has 0 radical (unpaired) electrons. The van der Waals surface area contributed by atoms with Crippen LogP contribution in [0.2, 0.25) is 20.1 Å². The Morgan fingerprint density at radius 1 is 0.611 bits per heavy atom. The average Bonchev–Trinajstić information content (AvgIpc) is 3.18. The Morgan fingerprint density at radius 3 is 1.72 bits per heavy atom. The van der Waals surface area contributed by atoms with Crippen LogP contribution in [0.15, 0.2) is 97.6 Å². The van der Waals surface area contributed by atoms with Gasteiger partial charge >= 0.3 is 0 Å². The summed E-state index contributed by atoms with van der Waals surface area (Å²) in [7, 11) is 2.94. The quantitative estimate of drug-likeness (QED) is 0.130. The van der Waals surface area contributed by atoms with E-state index in [1.54, 1.807) is 67.1 Å². The first kappa shape index (κ1) is 39.2. The van der Waals surface area contributed by atoms with Gasteiger partial charge in [-0.1, -0.05) is 58.4 Å². The number of pyridine rings is 4. The van der Waals surface area contributed by atoms with Crippen molar-refractivity contribution in [2.75, 3.05) is 14.2 Å². The third kappa shape index (κ3) is 11.0. The summed E-state index contributed by atoms with van der Waals surface area (Å²) in [5.74, 6) is 7.77. The van der Waals surface area contributed by atoms with Crippen molar-refractivity contribution in [1.82, 2.24) is 19.9 Å². The van der Waals surface area contributed by atoms with Crippen LogP contribution >= 0.6 is 46.4 Å². The summed E-state index contributed by atoms with van der Waals surface area (Å²) in [6, 6.07) is 24.3. The number of aromatic nitrogens is 4. The smallest absolute Gasteiger partial charge is 0.237 e. The minimum absolute atomic E-state index is 0.173. The van der Waals surface area contributed by atoms with Gasteiger partial charge in [-0.25, -0.2) is 9.97 Å². The number of ether oxygens (including phenoxy) is 4. The topological polar surface area (TPSA) is 136 Å². The molecule has 4 aromatic heterocycles. The molecule has 0 aliphatic carbocycles. The molecule has 268 valence electrons. The fourth-order valence-corrected chi connectivity index (χ4v) is 5.52. The number of hydrogen-bond acceptors (Lipinski definition) is 10. The zero-order chi connectivity index (χ0) is 38.5. The van der Waals surface area contributed by atoms with E-state index in [0.717, 1.165) is 23.2 Å². The number of aryl methyl sites for hydroxylation is 2. The van der Waals surface area contributed by atoms with Crippen LogP contribution in [0, 0.1) is 34.5 Å². The molecule has 0 aliphatic heterocycles. The van der Waals surface area contributed by atoms with E-state index in [-0.39, 0.29) is 27.6 Å². The largest absolute Gasteiger partial charge is 0.480 e. The van der Waals surface area contributed by atoms with E-state index in [1.165, 1.54) is 20.3 Å². The third-order valence-electron chi connectivity index (χ3n) is 7.07. The second-order valence-electron chi connectivity index (χ2n) is 10.9. The molecule has 0 unspecified atom stereocenters. The van der Waals surface area contributed by atoms with E-state index in [2.05, 4.69) is 31.8 Å². The Balaban J connectivity index is 0.000000208. The van der Waals surface area contributed by atoms with Crippen molar-refractivity contribution >= 4 is 46.4 Å². The maximum atomic E-state index is 9.09. The van der Waals surface area contributed by atoms with Crippen molar-refractivity contribution in [2.45, 2.75) is 12.8 Å². The zero-order valence-electron chi connectivity index (χ0n) is 28.5. The Hall–Kier alpha value is -6.06. The molecular weight excluding hydrogens is 770 g/mol. The van der Waals surface area contributed by atoms with Gasteiger partial charge in [-0.3, -0.25) is 9.97 Å². The fraction of sp³-hybridized carbons (Fsp3) is 0.100. The predicted octanol–water partition coefficient (Wildman–Crippen LogP) is 10.1. The van der Waals surface area contributed by atoms with Crippen molar-refractivity contribution in [3.05, 3.63) is 151 Å². The third-order valence-corrected chi connectivity index (χ3v) is 8.21. The number of halogens is 4. The lowest BCUT2D eigenvalue weighted by Crippen LogP contribution is -2.00. The number of nitrogens with zero attached hydrogens (tertiary/aromatic N) is 6. The lowest BCUT2D eigenvalue weighted by Gasteiger charge is -2.13. The van der Waals surface area contributed by atoms with E-state index in [9.17, 15) is 0 Å². The molecule has 0 saturated carbocycles. The van der Waals surface area contributed by atoms with Crippen LogP contribution in [0.5, 0.6) is 34.8 Å². The predicted molar refractivity (Wildman–Crippen MR) is 206 cm³/mol. The van der Waals surface area contributed by atoms with Crippen LogP contribution in [-0.2, 0) is 12.8 Å². The highest BCUT2D eigenvalue weighted by molar-refractivity contribution is 6.34. The fourth-order valence-electron chi connectivity index (χ4n) is 4.64. The van der Waals surface area contributed by atoms with Crippen LogP contribution in [0.25, 0.3) is 0 Å². The Bertz CT molecular complexity index is 2410. The highest BCUT2D eigenvalue weighted by Gasteiger charge is 2.16. The molecule has 6 rings (SSSR count). The van der Waals surface area contributed by atoms with Crippen molar-refractivity contribution in [3.8, 4) is 58.7 Å². The summed E-state index contributed by atoms with van der Waals surface area (Å²) in [5.41, 5.74) is 3.77. The van der Waals surface area contributed by atoms with Gasteiger partial charge in [-0.05, 0) is 78.9 Å². The number of rotatable bonds is 9. The molecule has 54 heavy (non-hydrogen) atoms. The number of benzene rings is 2. The molecule has 10 nitrogen and oxygen atoms in total. The van der Waals surface area contributed by atoms with Crippen LogP contribution in [0.3, 0.4) is 0 Å². The molecule has 4 heterocycles. The van der Waals surface area contributed by atoms with Crippen LogP contribution in [0.4, 0.5) is 0 Å². The standard InChI is InChI=1S/C20H15Cl2N3O2.C20H11Cl2N3O2/c2*1-26-20-19(22)18(27-17-8-14(11-23)7-15(21)9-17)10-16(25-20)5-4-13-3-2-6-24-12-13/h2-3,6-10,12H,4-5H2,1H3;2-3,6-10,12H,1H3. The first-order chi connectivity index (χ1) is 26.2. The Labute approximate surface area is 331 Å². The van der Waals surface area contributed by atoms with E-state index in [4.69, 9.17) is 75.9 Å². The number of hydrogen-bond donors (Lipinski definition) is 0. The Kier molecular flexibility index (Phi) is 13.9. The first-order valence-electron chi connectivity index (χ1n) is 15.7. The second-order valence-corrected chi connectivity index (χ2v) is 12.5. The van der Waals surface area contributed by atoms with Crippen LogP contribution in [0.1, 0.15) is 33.6 Å². The van der Waals surface area contributed by atoms with E-state index in [1.807, 2.05) is 36.5 Å². The minimum atomic E-state index is 0.173. The normalized spacial score (nSPS) is 10.0. The summed E-state index contributed by atoms with van der Waals surface area (Å²) in [4.78, 5) is 16.8. The molecule has 2 aromatic carbocycles. The number of methoxy groups -OCH3 is 2. The molecule has 0 atom stereocenters. The van der Waals surface area contributed by atoms with Crippen molar-refractivity contribution in [3.63, 3.8) is 0 Å². The number of nitriles is 2. The summed E-state index contributed by atoms with van der Waals surface area (Å²) in [6.07, 6.45) is 8.29. The lowest BCUT2D eigenvalue weighted by atomic mass is 10.1. The van der Waals surface area contributed by atoms with Gasteiger partial charge < -0.3 is 18.9 Å². The molecule has 0 N–H and O–H groups in total. The summed E-state index contributed by atoms with van der Waals surface area (Å²) in [6.45, 7) is 0. The second kappa shape index (κ2) is 19.1. The van der Waals surface area contributed by atoms with Gasteiger partial charge in [-0.2, -0.15) is 10.5 Å². The first-order valence-corrected chi connectivity index (χ1v) is 17.2. The minimum Gasteiger partial charge on any atom is -0.480 e. The summed E-state index contributed by atoms with van der Waals surface area (Å²) in [5, 5.41) is 19.4. The monoisotopic (exact) mass is 794 g/mol. The molecular formula is C40H26Cl4N6O4. The van der Waals surface area contributed by atoms with Gasteiger partial charge in [0.1, 0.15) is 27.2 Å². The Morgan fingerprint density at radius 2 is 1.19 bits per heavy atom. The van der Waals surface area contributed by atoms with Crippen molar-refractivity contribution in [1.29, 1.82) is 10.5 Å². The molecule has 0 bridgehead atoms. The van der Waals surface area contributed by atoms with Gasteiger partial charge in [0, 0.05) is 58.2 Å². The maximum Gasteiger partial charge on any atom is 0.237 e. The zero-order valence-corrected chi connectivity index (χ0v) is 31.5. The van der Waals surface area contributed by atoms with Crippen LogP contribution in [-0.4, -0.2) is 34.2 Å². The van der Waals surface area contributed by atoms with Gasteiger partial charge in [0.25, 0.3) is 0 Å². The van der Waals surface area contributed by atoms with Crippen molar-refractivity contribution < 1.29 is 18.9 Å². The van der Waals surface area contributed by atoms with Gasteiger partial charge in [-0.15, -0.1) is 0 Å².